The first-order valence-corrected chi connectivity index (χ1v) is 10.5. The Hall–Kier alpha value is -2.89. The first-order valence-electron chi connectivity index (χ1n) is 10.5. The Bertz CT molecular complexity index is 890. The molecule has 0 spiro atoms. The fourth-order valence-corrected chi connectivity index (χ4v) is 4.20. The lowest BCUT2D eigenvalue weighted by Crippen LogP contribution is -2.40. The number of hydrogen-bond acceptors (Lipinski definition) is 4. The second-order valence-corrected chi connectivity index (χ2v) is 8.02. The fraction of sp³-hybridized carbons (Fsp3) is 0.417. The summed E-state index contributed by atoms with van der Waals surface area (Å²) in [6.45, 7) is 0.920. The Morgan fingerprint density at radius 3 is 2.50 bits per heavy atom. The predicted octanol–water partition coefficient (Wildman–Crippen LogP) is 4.55. The van der Waals surface area contributed by atoms with Crippen LogP contribution in [0.3, 0.4) is 0 Å². The van der Waals surface area contributed by atoms with Gasteiger partial charge in [0, 0.05) is 18.9 Å². The number of hydrogen-bond donors (Lipinski definition) is 0. The Kier molecular flexibility index (Phi) is 6.31. The third-order valence-corrected chi connectivity index (χ3v) is 5.88. The molecule has 0 saturated heterocycles. The van der Waals surface area contributed by atoms with E-state index in [4.69, 9.17) is 9.57 Å². The molecule has 0 N–H and O–H groups in total. The molecule has 0 radical (unpaired) electrons. The molecule has 0 aromatic heterocycles. The van der Waals surface area contributed by atoms with E-state index in [0.29, 0.717) is 19.5 Å². The lowest BCUT2D eigenvalue weighted by atomic mass is 10.0. The molecule has 1 amide bonds. The molecule has 5 nitrogen and oxygen atoms in total. The van der Waals surface area contributed by atoms with Gasteiger partial charge in [0.15, 0.2) is 6.10 Å². The van der Waals surface area contributed by atoms with Crippen molar-refractivity contribution in [2.24, 2.45) is 11.1 Å². The quantitative estimate of drug-likeness (QED) is 0.673. The van der Waals surface area contributed by atoms with Gasteiger partial charge < -0.3 is 14.5 Å². The van der Waals surface area contributed by atoms with Crippen LogP contribution in [0.15, 0.2) is 53.7 Å². The molecular weight excluding hydrogens is 383 g/mol. The summed E-state index contributed by atoms with van der Waals surface area (Å²) >= 11 is 0. The second kappa shape index (κ2) is 9.28. The molecule has 2 aromatic rings. The molecule has 1 aliphatic heterocycles. The van der Waals surface area contributed by atoms with Crippen LogP contribution in [-0.4, -0.2) is 36.3 Å². The van der Waals surface area contributed by atoms with Crippen molar-refractivity contribution >= 4 is 11.6 Å². The Morgan fingerprint density at radius 2 is 1.83 bits per heavy atom. The molecule has 2 aromatic carbocycles. The molecule has 0 unspecified atom stereocenters. The van der Waals surface area contributed by atoms with Gasteiger partial charge in [0.2, 0.25) is 5.91 Å². The number of nitrogens with zero attached hydrogens (tertiary/aromatic N) is 2. The topological polar surface area (TPSA) is 51.1 Å². The Balaban J connectivity index is 1.43. The zero-order chi connectivity index (χ0) is 20.9. The predicted molar refractivity (Wildman–Crippen MR) is 113 cm³/mol. The van der Waals surface area contributed by atoms with E-state index in [9.17, 15) is 9.18 Å². The molecule has 1 fully saturated rings. The summed E-state index contributed by atoms with van der Waals surface area (Å²) < 4.78 is 18.5. The number of halogens is 1. The minimum absolute atomic E-state index is 0.0776. The van der Waals surface area contributed by atoms with Crippen LogP contribution >= 0.6 is 0 Å². The number of carbonyl (C=O) groups is 1. The maximum atomic E-state index is 13.3. The maximum absolute atomic E-state index is 13.3. The number of carbonyl (C=O) groups excluding carboxylic acids is 1. The van der Waals surface area contributed by atoms with E-state index in [-0.39, 0.29) is 23.7 Å². The third kappa shape index (κ3) is 4.81. The molecule has 1 saturated carbocycles. The highest BCUT2D eigenvalue weighted by Crippen LogP contribution is 2.28. The van der Waals surface area contributed by atoms with E-state index in [1.54, 1.807) is 19.2 Å². The number of benzene rings is 2. The number of oxime groups is 1. The average Bonchev–Trinajstić information content (AvgIpc) is 3.47. The number of rotatable bonds is 7. The smallest absolute Gasteiger partial charge is 0.226 e. The zero-order valence-electron chi connectivity index (χ0n) is 17.2. The van der Waals surface area contributed by atoms with Crippen molar-refractivity contribution in [2.45, 2.75) is 44.8 Å². The number of amides is 1. The summed E-state index contributed by atoms with van der Waals surface area (Å²) in [6.07, 6.45) is 4.55. The molecule has 2 aliphatic rings. The first-order chi connectivity index (χ1) is 14.6. The average molecular weight is 410 g/mol. The summed E-state index contributed by atoms with van der Waals surface area (Å²) in [5, 5.41) is 4.26. The van der Waals surface area contributed by atoms with Crippen LogP contribution < -0.4 is 4.74 Å². The van der Waals surface area contributed by atoms with Crippen LogP contribution in [-0.2, 0) is 16.2 Å². The van der Waals surface area contributed by atoms with Crippen molar-refractivity contribution in [3.63, 3.8) is 0 Å². The Labute approximate surface area is 176 Å². The monoisotopic (exact) mass is 410 g/mol. The highest BCUT2D eigenvalue weighted by molar-refractivity contribution is 6.01. The minimum Gasteiger partial charge on any atom is -0.497 e. The van der Waals surface area contributed by atoms with Crippen molar-refractivity contribution in [3.05, 3.63) is 65.5 Å². The van der Waals surface area contributed by atoms with Gasteiger partial charge in [0.25, 0.3) is 0 Å². The van der Waals surface area contributed by atoms with Gasteiger partial charge in [-0.25, -0.2) is 4.39 Å². The van der Waals surface area contributed by atoms with Crippen LogP contribution in [0.2, 0.25) is 0 Å². The first kappa shape index (κ1) is 20.4. The second-order valence-electron chi connectivity index (χ2n) is 8.02. The highest BCUT2D eigenvalue weighted by Gasteiger charge is 2.31. The summed E-state index contributed by atoms with van der Waals surface area (Å²) in [5.41, 5.74) is 2.78. The molecule has 1 heterocycles. The molecule has 30 heavy (non-hydrogen) atoms. The van der Waals surface area contributed by atoms with E-state index in [2.05, 4.69) is 5.16 Å². The van der Waals surface area contributed by atoms with Gasteiger partial charge >= 0.3 is 0 Å². The van der Waals surface area contributed by atoms with Crippen LogP contribution in [0.25, 0.3) is 0 Å². The van der Waals surface area contributed by atoms with E-state index in [1.807, 2.05) is 29.2 Å². The maximum Gasteiger partial charge on any atom is 0.226 e. The van der Waals surface area contributed by atoms with Crippen molar-refractivity contribution < 1.29 is 18.8 Å². The van der Waals surface area contributed by atoms with E-state index < -0.39 is 0 Å². The largest absolute Gasteiger partial charge is 0.497 e. The van der Waals surface area contributed by atoms with Crippen LogP contribution in [0.5, 0.6) is 5.75 Å². The lowest BCUT2D eigenvalue weighted by Gasteiger charge is -2.27. The zero-order valence-corrected chi connectivity index (χ0v) is 17.2. The van der Waals surface area contributed by atoms with Crippen molar-refractivity contribution in [3.8, 4) is 5.75 Å². The molecule has 0 bridgehead atoms. The third-order valence-electron chi connectivity index (χ3n) is 5.88. The van der Waals surface area contributed by atoms with Crippen LogP contribution in [0, 0.1) is 11.7 Å². The van der Waals surface area contributed by atoms with Gasteiger partial charge in [-0.15, -0.1) is 0 Å². The summed E-state index contributed by atoms with van der Waals surface area (Å²) in [5.74, 6) is 0.763. The lowest BCUT2D eigenvalue weighted by molar-refractivity contribution is -0.137. The van der Waals surface area contributed by atoms with Gasteiger partial charge in [-0.3, -0.25) is 4.79 Å². The van der Waals surface area contributed by atoms with Gasteiger partial charge in [0.1, 0.15) is 11.6 Å². The molecular formula is C24H27FN2O3. The minimum atomic E-state index is -0.274. The van der Waals surface area contributed by atoms with Crippen molar-refractivity contribution in [1.29, 1.82) is 0 Å². The van der Waals surface area contributed by atoms with E-state index in [1.165, 1.54) is 12.1 Å². The van der Waals surface area contributed by atoms with Gasteiger partial charge in [0.05, 0.1) is 19.4 Å². The number of methoxy groups -OCH3 is 1. The van der Waals surface area contributed by atoms with E-state index in [0.717, 1.165) is 48.3 Å². The molecule has 6 heteroatoms. The molecule has 4 rings (SSSR count). The van der Waals surface area contributed by atoms with Gasteiger partial charge in [-0.1, -0.05) is 30.1 Å². The Morgan fingerprint density at radius 1 is 1.13 bits per heavy atom. The summed E-state index contributed by atoms with van der Waals surface area (Å²) in [4.78, 5) is 20.7. The molecule has 1 aliphatic carbocycles. The van der Waals surface area contributed by atoms with Crippen LogP contribution in [0.4, 0.5) is 4.39 Å². The van der Waals surface area contributed by atoms with Crippen molar-refractivity contribution in [2.75, 3.05) is 13.7 Å². The molecule has 158 valence electrons. The standard InChI is InChI=1S/C24H27FN2O3/c1-29-21-12-8-18(9-13-21)23-14-22(30-26-23)16-27(24(28)19-4-2-3-5-19)15-17-6-10-20(25)11-7-17/h6-13,19,22H,2-5,14-16H2,1H3/t22-/m0/s1. The molecule has 1 atom stereocenters. The van der Waals surface area contributed by atoms with Crippen molar-refractivity contribution in [1.82, 2.24) is 4.90 Å². The van der Waals surface area contributed by atoms with Gasteiger partial charge in [-0.05, 0) is 60.4 Å². The SMILES string of the molecule is COc1ccc(C2=NO[C@H](CN(Cc3ccc(F)cc3)C(=O)C3CCCC3)C2)cc1. The van der Waals surface area contributed by atoms with Gasteiger partial charge in [-0.2, -0.15) is 0 Å². The van der Waals surface area contributed by atoms with E-state index >= 15 is 0 Å². The summed E-state index contributed by atoms with van der Waals surface area (Å²) in [7, 11) is 1.64. The fourth-order valence-electron chi connectivity index (χ4n) is 4.20. The highest BCUT2D eigenvalue weighted by atomic mass is 19.1. The summed E-state index contributed by atoms with van der Waals surface area (Å²) in [6, 6.07) is 14.1. The number of ether oxygens (including phenoxy) is 1. The van der Waals surface area contributed by atoms with Crippen LogP contribution in [0.1, 0.15) is 43.2 Å². The normalized spacial score (nSPS) is 18.7.